The normalized spacial score (nSPS) is 11.1. The molecule has 0 aliphatic rings. The maximum Gasteiger partial charge on any atom is 0.240 e. The summed E-state index contributed by atoms with van der Waals surface area (Å²) in [6.45, 7) is 0.452. The molecular formula is C26H23N3O2. The average Bonchev–Trinajstić information content (AvgIpc) is 2.81. The van der Waals surface area contributed by atoms with E-state index in [1.165, 1.54) is 0 Å². The van der Waals surface area contributed by atoms with Gasteiger partial charge in [0.15, 0.2) is 0 Å². The zero-order chi connectivity index (χ0) is 21.5. The van der Waals surface area contributed by atoms with Gasteiger partial charge in [0.25, 0.3) is 0 Å². The van der Waals surface area contributed by atoms with E-state index >= 15 is 0 Å². The van der Waals surface area contributed by atoms with Gasteiger partial charge in [-0.25, -0.2) is 5.43 Å². The molecule has 0 aliphatic carbocycles. The highest BCUT2D eigenvalue weighted by Gasteiger charge is 2.08. The van der Waals surface area contributed by atoms with Crippen LogP contribution in [0.3, 0.4) is 0 Å². The Morgan fingerprint density at radius 3 is 2.00 bits per heavy atom. The summed E-state index contributed by atoms with van der Waals surface area (Å²) in [6, 6.07) is 28.0. The third-order valence-electron chi connectivity index (χ3n) is 5.11. The first-order chi connectivity index (χ1) is 15.2. The van der Waals surface area contributed by atoms with Gasteiger partial charge in [0, 0.05) is 24.9 Å². The first kappa shape index (κ1) is 20.3. The first-order valence-corrected chi connectivity index (χ1v) is 10.2. The number of benzene rings is 4. The largest absolute Gasteiger partial charge is 0.352 e. The number of amides is 2. The molecule has 0 saturated carbocycles. The minimum Gasteiger partial charge on any atom is -0.352 e. The number of carbonyl (C=O) groups is 2. The van der Waals surface area contributed by atoms with Gasteiger partial charge in [0.2, 0.25) is 11.8 Å². The van der Waals surface area contributed by atoms with Crippen molar-refractivity contribution in [2.45, 2.75) is 19.4 Å². The summed E-state index contributed by atoms with van der Waals surface area (Å²) in [7, 11) is 0. The monoisotopic (exact) mass is 409 g/mol. The third kappa shape index (κ3) is 5.14. The topological polar surface area (TPSA) is 70.6 Å². The Morgan fingerprint density at radius 2 is 1.32 bits per heavy atom. The van der Waals surface area contributed by atoms with E-state index in [0.717, 1.165) is 32.7 Å². The molecule has 5 heteroatoms. The van der Waals surface area contributed by atoms with E-state index in [1.54, 1.807) is 6.21 Å². The van der Waals surface area contributed by atoms with Crippen molar-refractivity contribution >= 4 is 39.6 Å². The zero-order valence-corrected chi connectivity index (χ0v) is 17.0. The molecule has 4 aromatic rings. The van der Waals surface area contributed by atoms with Crippen LogP contribution in [-0.2, 0) is 16.1 Å². The smallest absolute Gasteiger partial charge is 0.240 e. The molecule has 2 amide bonds. The highest BCUT2D eigenvalue weighted by molar-refractivity contribution is 6.13. The van der Waals surface area contributed by atoms with Crippen LogP contribution in [0.4, 0.5) is 0 Å². The fourth-order valence-corrected chi connectivity index (χ4v) is 3.52. The van der Waals surface area contributed by atoms with E-state index in [-0.39, 0.29) is 24.7 Å². The Hall–Kier alpha value is -3.99. The van der Waals surface area contributed by atoms with Crippen molar-refractivity contribution in [3.05, 3.63) is 96.1 Å². The van der Waals surface area contributed by atoms with Crippen LogP contribution >= 0.6 is 0 Å². The highest BCUT2D eigenvalue weighted by atomic mass is 16.2. The maximum absolute atomic E-state index is 12.1. The first-order valence-electron chi connectivity index (χ1n) is 10.2. The Kier molecular flexibility index (Phi) is 6.33. The summed E-state index contributed by atoms with van der Waals surface area (Å²) in [6.07, 6.45) is 1.87. The summed E-state index contributed by atoms with van der Waals surface area (Å²) in [5.41, 5.74) is 4.51. The van der Waals surface area contributed by atoms with Gasteiger partial charge in [-0.1, -0.05) is 78.9 Å². The molecule has 0 fully saturated rings. The lowest BCUT2D eigenvalue weighted by molar-refractivity contribution is -0.126. The van der Waals surface area contributed by atoms with E-state index in [2.05, 4.69) is 34.0 Å². The van der Waals surface area contributed by atoms with Crippen LogP contribution < -0.4 is 10.7 Å². The molecule has 4 rings (SSSR count). The molecule has 2 N–H and O–H groups in total. The summed E-state index contributed by atoms with van der Waals surface area (Å²) in [4.78, 5) is 24.1. The van der Waals surface area contributed by atoms with Crippen LogP contribution in [0.15, 0.2) is 90.0 Å². The van der Waals surface area contributed by atoms with Crippen molar-refractivity contribution in [3.63, 3.8) is 0 Å². The van der Waals surface area contributed by atoms with Gasteiger partial charge in [-0.2, -0.15) is 5.10 Å². The molecule has 154 valence electrons. The second kappa shape index (κ2) is 9.67. The fraction of sp³-hybridized carbons (Fsp3) is 0.115. The molecule has 0 radical (unpaired) electrons. The van der Waals surface area contributed by atoms with Gasteiger partial charge in [-0.3, -0.25) is 9.59 Å². The summed E-state index contributed by atoms with van der Waals surface area (Å²) in [5.74, 6) is -0.460. The summed E-state index contributed by atoms with van der Waals surface area (Å²) >= 11 is 0. The van der Waals surface area contributed by atoms with Crippen LogP contribution in [0.5, 0.6) is 0 Å². The molecule has 4 aromatic carbocycles. The maximum atomic E-state index is 12.1. The van der Waals surface area contributed by atoms with Crippen molar-refractivity contribution in [1.82, 2.24) is 10.7 Å². The molecule has 5 nitrogen and oxygen atoms in total. The molecule has 0 heterocycles. The van der Waals surface area contributed by atoms with Crippen molar-refractivity contribution < 1.29 is 9.59 Å². The second-order valence-corrected chi connectivity index (χ2v) is 7.29. The van der Waals surface area contributed by atoms with Gasteiger partial charge in [0.05, 0.1) is 6.21 Å². The highest BCUT2D eigenvalue weighted by Crippen LogP contribution is 2.27. The molecule has 0 aliphatic heterocycles. The molecule has 0 aromatic heterocycles. The van der Waals surface area contributed by atoms with E-state index in [0.29, 0.717) is 6.54 Å². The van der Waals surface area contributed by atoms with E-state index in [4.69, 9.17) is 0 Å². The number of nitrogens with one attached hydrogen (secondary N) is 2. The van der Waals surface area contributed by atoms with Gasteiger partial charge in [-0.05, 0) is 33.2 Å². The number of carbonyl (C=O) groups excluding carboxylic acids is 2. The van der Waals surface area contributed by atoms with E-state index in [1.807, 2.05) is 66.7 Å². The Balaban J connectivity index is 1.36. The van der Waals surface area contributed by atoms with Crippen molar-refractivity contribution in [2.24, 2.45) is 5.10 Å². The quantitative estimate of drug-likeness (QED) is 0.267. The standard InChI is InChI=1S/C26H23N3O2/c30-25(27-17-19-8-2-1-3-9-19)14-15-26(31)29-28-18-24-22-12-6-4-10-20(22)16-21-11-5-7-13-23(21)24/h1-13,16,18H,14-15,17H2,(H,27,30)(H,29,31). The number of hydrogen-bond donors (Lipinski definition) is 2. The number of rotatable bonds is 7. The lowest BCUT2D eigenvalue weighted by Gasteiger charge is -2.08. The molecule has 0 unspecified atom stereocenters. The van der Waals surface area contributed by atoms with Crippen molar-refractivity contribution in [3.8, 4) is 0 Å². The molecule has 0 bridgehead atoms. The number of fused-ring (bicyclic) bond motifs is 2. The number of hydrazone groups is 1. The van der Waals surface area contributed by atoms with Gasteiger partial charge in [0.1, 0.15) is 0 Å². The van der Waals surface area contributed by atoms with Crippen LogP contribution in [0, 0.1) is 0 Å². The average molecular weight is 409 g/mol. The lowest BCUT2D eigenvalue weighted by Crippen LogP contribution is -2.25. The van der Waals surface area contributed by atoms with E-state index < -0.39 is 0 Å². The third-order valence-corrected chi connectivity index (χ3v) is 5.11. The van der Waals surface area contributed by atoms with Gasteiger partial charge >= 0.3 is 0 Å². The predicted octanol–water partition coefficient (Wildman–Crippen LogP) is 4.54. The van der Waals surface area contributed by atoms with E-state index in [9.17, 15) is 9.59 Å². The molecule has 0 spiro atoms. The predicted molar refractivity (Wildman–Crippen MR) is 125 cm³/mol. The van der Waals surface area contributed by atoms with Crippen LogP contribution in [-0.4, -0.2) is 18.0 Å². The van der Waals surface area contributed by atoms with Crippen LogP contribution in [0.1, 0.15) is 24.0 Å². The second-order valence-electron chi connectivity index (χ2n) is 7.29. The minimum absolute atomic E-state index is 0.0776. The Morgan fingerprint density at radius 1 is 0.742 bits per heavy atom. The van der Waals surface area contributed by atoms with Crippen molar-refractivity contribution in [2.75, 3.05) is 0 Å². The van der Waals surface area contributed by atoms with Crippen LogP contribution in [0.2, 0.25) is 0 Å². The lowest BCUT2D eigenvalue weighted by atomic mass is 9.97. The number of hydrogen-bond acceptors (Lipinski definition) is 3. The molecule has 31 heavy (non-hydrogen) atoms. The molecule has 0 saturated heterocycles. The summed E-state index contributed by atoms with van der Waals surface area (Å²) in [5, 5.41) is 11.3. The Labute approximate surface area is 180 Å². The molecular weight excluding hydrogens is 386 g/mol. The van der Waals surface area contributed by atoms with Gasteiger partial charge < -0.3 is 5.32 Å². The SMILES string of the molecule is O=C(CCC(=O)NN=Cc1c2ccccc2cc2ccccc12)NCc1ccccc1. The van der Waals surface area contributed by atoms with Crippen molar-refractivity contribution in [1.29, 1.82) is 0 Å². The minimum atomic E-state index is -0.296. The zero-order valence-electron chi connectivity index (χ0n) is 17.0. The van der Waals surface area contributed by atoms with Crippen LogP contribution in [0.25, 0.3) is 21.5 Å². The van der Waals surface area contributed by atoms with Gasteiger partial charge in [-0.15, -0.1) is 0 Å². The summed E-state index contributed by atoms with van der Waals surface area (Å²) < 4.78 is 0. The molecule has 0 atom stereocenters. The Bertz CT molecular complexity index is 1200. The fourth-order valence-electron chi connectivity index (χ4n) is 3.52. The number of nitrogens with zero attached hydrogens (tertiary/aromatic N) is 1.